The number of nitrogens with one attached hydrogen (secondary N) is 1. The molecule has 5 nitrogen and oxygen atoms in total. The lowest BCUT2D eigenvalue weighted by Gasteiger charge is -2.35. The van der Waals surface area contributed by atoms with Crippen molar-refractivity contribution in [2.24, 2.45) is 0 Å². The number of hydrogen-bond donors (Lipinski definition) is 1. The number of halogens is 3. The van der Waals surface area contributed by atoms with Gasteiger partial charge in [-0.25, -0.2) is 0 Å². The Labute approximate surface area is 157 Å². The molecule has 1 aromatic carbocycles. The van der Waals surface area contributed by atoms with Crippen LogP contribution in [0.15, 0.2) is 35.3 Å². The van der Waals surface area contributed by atoms with Gasteiger partial charge in [0, 0.05) is 38.3 Å². The third kappa shape index (κ3) is 6.04. The van der Waals surface area contributed by atoms with E-state index in [1.807, 2.05) is 12.1 Å². The van der Waals surface area contributed by atoms with Gasteiger partial charge in [0.15, 0.2) is 0 Å². The Morgan fingerprint density at radius 2 is 2.04 bits per heavy atom. The fourth-order valence-electron chi connectivity index (χ4n) is 2.71. The molecule has 0 radical (unpaired) electrons. The van der Waals surface area contributed by atoms with Crippen molar-refractivity contribution in [2.45, 2.75) is 18.9 Å². The molecule has 0 bridgehead atoms. The summed E-state index contributed by atoms with van der Waals surface area (Å²) < 4.78 is 0.527. The predicted octanol–water partition coefficient (Wildman–Crippen LogP) is 4.11. The maximum atomic E-state index is 11.1. The Morgan fingerprint density at radius 1 is 1.39 bits per heavy atom. The largest absolute Gasteiger partial charge is 0.314 e. The smallest absolute Gasteiger partial charge is 0.283 e. The molecule has 1 heterocycles. The highest BCUT2D eigenvalue weighted by Gasteiger charge is 2.24. The number of allylic oxidation sites excluding steroid dienone is 1. The molecule has 1 aliphatic heterocycles. The summed E-state index contributed by atoms with van der Waals surface area (Å²) in [5.74, 6) is 0. The molecule has 130 valence electrons. The Balaban J connectivity index is 0.00000242. The third-order valence-electron chi connectivity index (χ3n) is 3.79. The topological polar surface area (TPSA) is 58.4 Å². The Hall–Kier alpha value is -0.660. The molecule has 0 unspecified atom stereocenters. The highest BCUT2D eigenvalue weighted by molar-refractivity contribution is 9.10. The zero-order valence-electron chi connectivity index (χ0n) is 12.7. The molecule has 0 aromatic heterocycles. The molecule has 0 saturated carbocycles. The van der Waals surface area contributed by atoms with Crippen LogP contribution in [0.3, 0.4) is 0 Å². The van der Waals surface area contributed by atoms with Crippen LogP contribution in [0.1, 0.15) is 24.4 Å². The first-order valence-electron chi connectivity index (χ1n) is 7.13. The van der Waals surface area contributed by atoms with E-state index in [4.69, 9.17) is 0 Å². The normalized spacial score (nSPS) is 15.9. The molecule has 0 amide bonds. The minimum Gasteiger partial charge on any atom is -0.314 e. The summed E-state index contributed by atoms with van der Waals surface area (Å²) in [6.45, 7) is 7.64. The molecule has 1 saturated heterocycles. The highest BCUT2D eigenvalue weighted by Crippen LogP contribution is 2.32. The van der Waals surface area contributed by atoms with Crippen molar-refractivity contribution in [3.05, 3.63) is 51.0 Å². The van der Waals surface area contributed by atoms with Gasteiger partial charge in [-0.05, 0) is 40.4 Å². The number of nitro benzene ring substituents is 1. The van der Waals surface area contributed by atoms with Crippen molar-refractivity contribution in [1.82, 2.24) is 10.2 Å². The van der Waals surface area contributed by atoms with Crippen molar-refractivity contribution < 1.29 is 4.92 Å². The van der Waals surface area contributed by atoms with Gasteiger partial charge in [-0.2, -0.15) is 0 Å². The fraction of sp³-hybridized carbons (Fsp3) is 0.467. The van der Waals surface area contributed by atoms with Crippen molar-refractivity contribution in [1.29, 1.82) is 0 Å². The van der Waals surface area contributed by atoms with Crippen LogP contribution >= 0.6 is 40.7 Å². The van der Waals surface area contributed by atoms with Crippen LogP contribution in [0.2, 0.25) is 0 Å². The Kier molecular flexibility index (Phi) is 10.7. The van der Waals surface area contributed by atoms with Gasteiger partial charge >= 0.3 is 0 Å². The molecule has 23 heavy (non-hydrogen) atoms. The first-order valence-corrected chi connectivity index (χ1v) is 7.92. The summed E-state index contributed by atoms with van der Waals surface area (Å²) in [4.78, 5) is 13.2. The third-order valence-corrected chi connectivity index (χ3v) is 4.46. The zero-order chi connectivity index (χ0) is 15.2. The van der Waals surface area contributed by atoms with Crippen LogP contribution in [-0.4, -0.2) is 36.0 Å². The van der Waals surface area contributed by atoms with E-state index in [1.165, 1.54) is 0 Å². The van der Waals surface area contributed by atoms with Crippen LogP contribution in [-0.2, 0) is 0 Å². The van der Waals surface area contributed by atoms with Crippen molar-refractivity contribution >= 4 is 46.4 Å². The van der Waals surface area contributed by atoms with E-state index >= 15 is 0 Å². The minimum atomic E-state index is -0.337. The molecule has 2 rings (SSSR count). The first-order chi connectivity index (χ1) is 10.1. The number of benzene rings is 1. The minimum absolute atomic E-state index is 0. The van der Waals surface area contributed by atoms with Crippen molar-refractivity contribution in [3.63, 3.8) is 0 Å². The van der Waals surface area contributed by atoms with Crippen LogP contribution in [0, 0.1) is 10.1 Å². The van der Waals surface area contributed by atoms with E-state index in [9.17, 15) is 10.1 Å². The van der Waals surface area contributed by atoms with Crippen LogP contribution < -0.4 is 5.32 Å². The number of piperazine rings is 1. The van der Waals surface area contributed by atoms with E-state index in [0.29, 0.717) is 4.47 Å². The standard InChI is InChI=1S/C15H20BrN3O2.2ClH/c1-2-3-4-14(18-9-7-17-8-10-18)12-5-6-13(16)15(11-12)19(20)21;;/h2,5-6,11,14,17H,1,3-4,7-10H2;2*1H/t14-;;/m0../s1. The molecule has 1 aromatic rings. The number of rotatable bonds is 6. The Bertz CT molecular complexity index is 525. The molecule has 0 spiro atoms. The summed E-state index contributed by atoms with van der Waals surface area (Å²) in [5.41, 5.74) is 1.14. The predicted molar refractivity (Wildman–Crippen MR) is 102 cm³/mol. The number of nitrogens with zero attached hydrogens (tertiary/aromatic N) is 2. The summed E-state index contributed by atoms with van der Waals surface area (Å²) in [6, 6.07) is 5.65. The number of nitro groups is 1. The summed E-state index contributed by atoms with van der Waals surface area (Å²) in [6.07, 6.45) is 3.74. The second kappa shape index (κ2) is 11.0. The molecule has 8 heteroatoms. The lowest BCUT2D eigenvalue weighted by Crippen LogP contribution is -2.45. The summed E-state index contributed by atoms with van der Waals surface area (Å²) in [7, 11) is 0. The van der Waals surface area contributed by atoms with Gasteiger partial charge in [0.05, 0.1) is 9.40 Å². The molecule has 1 fully saturated rings. The molecule has 0 aliphatic carbocycles. The van der Waals surface area contributed by atoms with Gasteiger partial charge in [0.1, 0.15) is 0 Å². The monoisotopic (exact) mass is 425 g/mol. The van der Waals surface area contributed by atoms with E-state index < -0.39 is 0 Å². The highest BCUT2D eigenvalue weighted by atomic mass is 79.9. The molecule has 1 N–H and O–H groups in total. The molecule has 1 aliphatic rings. The first kappa shape index (κ1) is 22.3. The zero-order valence-corrected chi connectivity index (χ0v) is 16.0. The van der Waals surface area contributed by atoms with Gasteiger partial charge < -0.3 is 5.32 Å². The van der Waals surface area contributed by atoms with E-state index in [2.05, 4.69) is 32.7 Å². The van der Waals surface area contributed by atoms with Crippen LogP contribution in [0.25, 0.3) is 0 Å². The average molecular weight is 427 g/mol. The van der Waals surface area contributed by atoms with E-state index in [1.54, 1.807) is 12.1 Å². The van der Waals surface area contributed by atoms with Crippen LogP contribution in [0.4, 0.5) is 5.69 Å². The second-order valence-electron chi connectivity index (χ2n) is 5.14. The fourth-order valence-corrected chi connectivity index (χ4v) is 3.10. The SMILES string of the molecule is C=CCC[C@@H](c1ccc(Br)c([N+](=O)[O-])c1)N1CCNCC1.Cl.Cl. The Morgan fingerprint density at radius 3 is 2.61 bits per heavy atom. The van der Waals surface area contributed by atoms with E-state index in [0.717, 1.165) is 44.6 Å². The van der Waals surface area contributed by atoms with Crippen molar-refractivity contribution in [3.8, 4) is 0 Å². The summed E-state index contributed by atoms with van der Waals surface area (Å²) >= 11 is 3.25. The van der Waals surface area contributed by atoms with Gasteiger partial charge in [-0.1, -0.05) is 12.1 Å². The average Bonchev–Trinajstić information content (AvgIpc) is 2.50. The lowest BCUT2D eigenvalue weighted by atomic mass is 9.99. The molecular weight excluding hydrogens is 405 g/mol. The lowest BCUT2D eigenvalue weighted by molar-refractivity contribution is -0.385. The van der Waals surface area contributed by atoms with Gasteiger partial charge in [-0.3, -0.25) is 15.0 Å². The molecule has 1 atom stereocenters. The maximum Gasteiger partial charge on any atom is 0.283 e. The number of hydrogen-bond acceptors (Lipinski definition) is 4. The van der Waals surface area contributed by atoms with Crippen molar-refractivity contribution in [2.75, 3.05) is 26.2 Å². The van der Waals surface area contributed by atoms with Gasteiger partial charge in [0.2, 0.25) is 0 Å². The molecular formula is C15H22BrCl2N3O2. The van der Waals surface area contributed by atoms with E-state index in [-0.39, 0.29) is 41.5 Å². The van der Waals surface area contributed by atoms with Crippen LogP contribution in [0.5, 0.6) is 0 Å². The van der Waals surface area contributed by atoms with Gasteiger partial charge in [-0.15, -0.1) is 31.4 Å². The maximum absolute atomic E-state index is 11.1. The quantitative estimate of drug-likeness (QED) is 0.422. The summed E-state index contributed by atoms with van der Waals surface area (Å²) in [5, 5.41) is 14.5. The van der Waals surface area contributed by atoms with Gasteiger partial charge in [0.25, 0.3) is 5.69 Å². The second-order valence-corrected chi connectivity index (χ2v) is 5.99.